The van der Waals surface area contributed by atoms with Crippen molar-refractivity contribution in [2.24, 2.45) is 5.92 Å². The van der Waals surface area contributed by atoms with Gasteiger partial charge in [0.1, 0.15) is 6.26 Å². The minimum absolute atomic E-state index is 0.621. The third-order valence-electron chi connectivity index (χ3n) is 4.24. The van der Waals surface area contributed by atoms with Crippen LogP contribution in [0, 0.1) is 5.92 Å². The smallest absolute Gasteiger partial charge is 0.180 e. The normalized spacial score (nSPS) is 25.8. The highest BCUT2D eigenvalue weighted by molar-refractivity contribution is 4.75. The molecule has 1 atom stereocenters. The molecule has 2 aliphatic rings. The monoisotopic (exact) mass is 265 g/mol. The van der Waals surface area contributed by atoms with Crippen LogP contribution in [-0.2, 0) is 4.74 Å². The Morgan fingerprint density at radius 3 is 2.21 bits per heavy atom. The topological polar surface area (TPSA) is 35.3 Å². The van der Waals surface area contributed by atoms with Gasteiger partial charge in [-0.3, -0.25) is 0 Å². The second-order valence-corrected chi connectivity index (χ2v) is 5.69. The van der Waals surface area contributed by atoms with Gasteiger partial charge in [0.2, 0.25) is 0 Å². The molecule has 1 aliphatic carbocycles. The SMILES string of the molecule is C1CCCC(C2CCCCCO2)CC1.c1cocn1. The van der Waals surface area contributed by atoms with E-state index in [0.29, 0.717) is 6.10 Å². The molecular weight excluding hydrogens is 238 g/mol. The second-order valence-electron chi connectivity index (χ2n) is 5.69. The standard InChI is InChI=1S/C13H24O.C3H3NO/c1-2-5-9-12(8-4-1)13-10-6-3-7-11-14-13;1-2-5-3-4-1/h12-13H,1-11H2;1-3H. The third kappa shape index (κ3) is 5.77. The van der Waals surface area contributed by atoms with Crippen LogP contribution in [0.4, 0.5) is 0 Å². The van der Waals surface area contributed by atoms with Gasteiger partial charge >= 0.3 is 0 Å². The van der Waals surface area contributed by atoms with Gasteiger partial charge in [-0.25, -0.2) is 4.98 Å². The van der Waals surface area contributed by atoms with E-state index in [1.165, 1.54) is 76.9 Å². The Kier molecular flexibility index (Phi) is 7.01. The van der Waals surface area contributed by atoms with Gasteiger partial charge in [-0.15, -0.1) is 0 Å². The van der Waals surface area contributed by atoms with Crippen LogP contribution in [0.2, 0.25) is 0 Å². The molecule has 0 aromatic carbocycles. The quantitative estimate of drug-likeness (QED) is 0.697. The highest BCUT2D eigenvalue weighted by Crippen LogP contribution is 2.30. The van der Waals surface area contributed by atoms with E-state index in [0.717, 1.165) is 12.5 Å². The molecule has 3 nitrogen and oxygen atoms in total. The number of rotatable bonds is 1. The molecule has 19 heavy (non-hydrogen) atoms. The molecule has 3 rings (SSSR count). The molecule has 2 fully saturated rings. The maximum atomic E-state index is 6.00. The summed E-state index contributed by atoms with van der Waals surface area (Å²) >= 11 is 0. The summed E-state index contributed by atoms with van der Waals surface area (Å²) in [6.45, 7) is 1.03. The Hall–Kier alpha value is -0.830. The molecule has 0 N–H and O–H groups in total. The Bertz CT molecular complexity index is 248. The predicted octanol–water partition coefficient (Wildman–Crippen LogP) is 4.59. The van der Waals surface area contributed by atoms with E-state index < -0.39 is 0 Å². The molecule has 1 unspecified atom stereocenters. The fourth-order valence-electron chi connectivity index (χ4n) is 3.17. The summed E-state index contributed by atoms with van der Waals surface area (Å²) in [6.07, 6.45) is 19.2. The van der Waals surface area contributed by atoms with Crippen molar-refractivity contribution in [3.63, 3.8) is 0 Å². The van der Waals surface area contributed by atoms with E-state index in [1.807, 2.05) is 0 Å². The number of nitrogens with zero attached hydrogens (tertiary/aromatic N) is 1. The summed E-state index contributed by atoms with van der Waals surface area (Å²) in [5.41, 5.74) is 0. The summed E-state index contributed by atoms with van der Waals surface area (Å²) in [6, 6.07) is 0. The zero-order valence-corrected chi connectivity index (χ0v) is 11.9. The first-order valence-corrected chi connectivity index (χ1v) is 7.90. The zero-order valence-electron chi connectivity index (χ0n) is 11.9. The van der Waals surface area contributed by atoms with Crippen molar-refractivity contribution >= 4 is 0 Å². The molecule has 1 aliphatic heterocycles. The molecule has 1 saturated carbocycles. The van der Waals surface area contributed by atoms with Crippen molar-refractivity contribution in [3.05, 3.63) is 18.9 Å². The lowest BCUT2D eigenvalue weighted by molar-refractivity contribution is 0.0116. The number of hydrogen-bond donors (Lipinski definition) is 0. The third-order valence-corrected chi connectivity index (χ3v) is 4.24. The van der Waals surface area contributed by atoms with E-state index in [9.17, 15) is 0 Å². The van der Waals surface area contributed by atoms with Crippen LogP contribution in [-0.4, -0.2) is 17.7 Å². The zero-order chi connectivity index (χ0) is 13.2. The van der Waals surface area contributed by atoms with Crippen molar-refractivity contribution in [3.8, 4) is 0 Å². The average molecular weight is 265 g/mol. The molecule has 1 aromatic heterocycles. The van der Waals surface area contributed by atoms with Gasteiger partial charge in [-0.1, -0.05) is 38.5 Å². The maximum Gasteiger partial charge on any atom is 0.180 e. The summed E-state index contributed by atoms with van der Waals surface area (Å²) in [5.74, 6) is 0.899. The number of oxazole rings is 1. The second kappa shape index (κ2) is 9.13. The Morgan fingerprint density at radius 2 is 1.58 bits per heavy atom. The van der Waals surface area contributed by atoms with E-state index in [2.05, 4.69) is 9.40 Å². The van der Waals surface area contributed by atoms with Crippen LogP contribution in [0.15, 0.2) is 23.3 Å². The van der Waals surface area contributed by atoms with E-state index in [-0.39, 0.29) is 0 Å². The summed E-state index contributed by atoms with van der Waals surface area (Å²) in [7, 11) is 0. The first-order valence-electron chi connectivity index (χ1n) is 7.90. The van der Waals surface area contributed by atoms with Gasteiger partial charge < -0.3 is 9.15 Å². The van der Waals surface area contributed by atoms with Gasteiger partial charge in [-0.2, -0.15) is 0 Å². The number of aromatic nitrogens is 1. The highest BCUT2D eigenvalue weighted by atomic mass is 16.5. The fourth-order valence-corrected chi connectivity index (χ4v) is 3.17. The molecule has 3 heteroatoms. The van der Waals surface area contributed by atoms with Crippen LogP contribution in [0.3, 0.4) is 0 Å². The number of ether oxygens (including phenoxy) is 1. The Labute approximate surface area is 116 Å². The Balaban J connectivity index is 0.000000224. The molecule has 1 saturated heterocycles. The lowest BCUT2D eigenvalue weighted by Gasteiger charge is -2.24. The van der Waals surface area contributed by atoms with E-state index in [1.54, 1.807) is 6.20 Å². The van der Waals surface area contributed by atoms with E-state index in [4.69, 9.17) is 4.74 Å². The molecule has 0 spiro atoms. The first-order chi connectivity index (χ1) is 9.47. The van der Waals surface area contributed by atoms with Crippen molar-refractivity contribution in [2.75, 3.05) is 6.61 Å². The molecule has 2 heterocycles. The molecule has 1 aromatic rings. The minimum atomic E-state index is 0.621. The van der Waals surface area contributed by atoms with Crippen LogP contribution < -0.4 is 0 Å². The molecular formula is C16H27NO2. The van der Waals surface area contributed by atoms with Crippen LogP contribution in [0.5, 0.6) is 0 Å². The Morgan fingerprint density at radius 1 is 0.842 bits per heavy atom. The molecule has 0 bridgehead atoms. The largest absolute Gasteiger partial charge is 0.452 e. The van der Waals surface area contributed by atoms with Gasteiger partial charge in [0.05, 0.1) is 12.3 Å². The maximum absolute atomic E-state index is 6.00. The van der Waals surface area contributed by atoms with Crippen molar-refractivity contribution in [2.45, 2.75) is 70.3 Å². The lowest BCUT2D eigenvalue weighted by atomic mass is 9.91. The van der Waals surface area contributed by atoms with Crippen LogP contribution in [0.25, 0.3) is 0 Å². The molecule has 0 radical (unpaired) electrons. The summed E-state index contributed by atoms with van der Waals surface area (Å²) in [4.78, 5) is 3.56. The van der Waals surface area contributed by atoms with Crippen LogP contribution in [0.1, 0.15) is 64.2 Å². The van der Waals surface area contributed by atoms with Gasteiger partial charge in [0.15, 0.2) is 6.39 Å². The molecule has 108 valence electrons. The minimum Gasteiger partial charge on any atom is -0.452 e. The molecule has 0 amide bonds. The van der Waals surface area contributed by atoms with Crippen molar-refractivity contribution < 1.29 is 9.15 Å². The summed E-state index contributed by atoms with van der Waals surface area (Å²) < 4.78 is 10.5. The predicted molar refractivity (Wildman–Crippen MR) is 75.9 cm³/mol. The summed E-state index contributed by atoms with van der Waals surface area (Å²) in [5, 5.41) is 0. The first kappa shape index (κ1) is 14.6. The van der Waals surface area contributed by atoms with Gasteiger partial charge in [-0.05, 0) is 31.6 Å². The van der Waals surface area contributed by atoms with Crippen molar-refractivity contribution in [1.82, 2.24) is 4.98 Å². The van der Waals surface area contributed by atoms with E-state index >= 15 is 0 Å². The van der Waals surface area contributed by atoms with Crippen molar-refractivity contribution in [1.29, 1.82) is 0 Å². The fraction of sp³-hybridized carbons (Fsp3) is 0.812. The highest BCUT2D eigenvalue weighted by Gasteiger charge is 2.24. The number of hydrogen-bond acceptors (Lipinski definition) is 3. The van der Waals surface area contributed by atoms with Gasteiger partial charge in [0.25, 0.3) is 0 Å². The lowest BCUT2D eigenvalue weighted by Crippen LogP contribution is -2.23. The van der Waals surface area contributed by atoms with Crippen LogP contribution >= 0.6 is 0 Å². The van der Waals surface area contributed by atoms with Gasteiger partial charge in [0, 0.05) is 6.61 Å². The average Bonchev–Trinajstić information content (AvgIpc) is 2.76.